The van der Waals surface area contributed by atoms with Gasteiger partial charge in [0.2, 0.25) is 0 Å². The molecule has 27 heavy (non-hydrogen) atoms. The smallest absolute Gasteiger partial charge is 0.200 e. The highest BCUT2D eigenvalue weighted by Gasteiger charge is 2.15. The highest BCUT2D eigenvalue weighted by Crippen LogP contribution is 2.27. The van der Waals surface area contributed by atoms with Gasteiger partial charge < -0.3 is 18.8 Å². The molecule has 5 nitrogen and oxygen atoms in total. The standard InChI is InChI=1S/C22H21NO4/c24-19-14-21(27-22(15-19)23-9-11-25-12-10-23)18-7-4-8-20(13-18)26-16-17-5-2-1-3-6-17/h1-8,13-15H,9-12,16H2. The van der Waals surface area contributed by atoms with Crippen molar-refractivity contribution in [3.63, 3.8) is 0 Å². The summed E-state index contributed by atoms with van der Waals surface area (Å²) in [7, 11) is 0. The van der Waals surface area contributed by atoms with Crippen molar-refractivity contribution < 1.29 is 13.9 Å². The number of anilines is 1. The Morgan fingerprint density at radius 3 is 2.56 bits per heavy atom. The van der Waals surface area contributed by atoms with Gasteiger partial charge in [-0.3, -0.25) is 4.79 Å². The fraction of sp³-hybridized carbons (Fsp3) is 0.227. The van der Waals surface area contributed by atoms with E-state index in [9.17, 15) is 4.79 Å². The van der Waals surface area contributed by atoms with Crippen LogP contribution in [0.2, 0.25) is 0 Å². The molecule has 1 aromatic heterocycles. The van der Waals surface area contributed by atoms with Crippen LogP contribution in [0.1, 0.15) is 5.56 Å². The molecule has 0 radical (unpaired) electrons. The van der Waals surface area contributed by atoms with Crippen molar-refractivity contribution in [2.24, 2.45) is 0 Å². The lowest BCUT2D eigenvalue weighted by Crippen LogP contribution is -2.36. The first-order valence-electron chi connectivity index (χ1n) is 9.03. The summed E-state index contributed by atoms with van der Waals surface area (Å²) in [6, 6.07) is 20.7. The number of nitrogens with zero attached hydrogens (tertiary/aromatic N) is 1. The SMILES string of the molecule is O=c1cc(-c2cccc(OCc3ccccc3)c2)oc(N2CCOCC2)c1. The maximum Gasteiger partial charge on any atom is 0.200 e. The van der Waals surface area contributed by atoms with Crippen LogP contribution in [0, 0.1) is 0 Å². The molecule has 0 spiro atoms. The second-order valence-electron chi connectivity index (χ2n) is 6.40. The number of ether oxygens (including phenoxy) is 2. The molecule has 0 aliphatic carbocycles. The van der Waals surface area contributed by atoms with Gasteiger partial charge in [-0.25, -0.2) is 0 Å². The maximum absolute atomic E-state index is 12.2. The molecule has 1 aliphatic heterocycles. The van der Waals surface area contributed by atoms with E-state index in [2.05, 4.69) is 0 Å². The van der Waals surface area contributed by atoms with Gasteiger partial charge in [-0.15, -0.1) is 0 Å². The van der Waals surface area contributed by atoms with E-state index in [0.717, 1.165) is 16.9 Å². The zero-order chi connectivity index (χ0) is 18.5. The summed E-state index contributed by atoms with van der Waals surface area (Å²) < 4.78 is 17.3. The molecule has 0 atom stereocenters. The van der Waals surface area contributed by atoms with Gasteiger partial charge in [-0.1, -0.05) is 42.5 Å². The normalized spacial score (nSPS) is 14.1. The van der Waals surface area contributed by atoms with Crippen molar-refractivity contribution >= 4 is 5.88 Å². The van der Waals surface area contributed by atoms with E-state index in [1.54, 1.807) is 0 Å². The molecule has 5 heteroatoms. The first kappa shape index (κ1) is 17.4. The molecule has 1 fully saturated rings. The van der Waals surface area contributed by atoms with Gasteiger partial charge in [0.25, 0.3) is 0 Å². The van der Waals surface area contributed by atoms with Crippen molar-refractivity contribution in [1.82, 2.24) is 0 Å². The highest BCUT2D eigenvalue weighted by molar-refractivity contribution is 5.60. The van der Waals surface area contributed by atoms with Crippen LogP contribution in [0.3, 0.4) is 0 Å². The zero-order valence-corrected chi connectivity index (χ0v) is 15.0. The van der Waals surface area contributed by atoms with E-state index in [1.165, 1.54) is 12.1 Å². The Hall–Kier alpha value is -3.05. The van der Waals surface area contributed by atoms with Gasteiger partial charge in [0.1, 0.15) is 18.1 Å². The van der Waals surface area contributed by atoms with Crippen LogP contribution in [0.15, 0.2) is 75.9 Å². The first-order valence-corrected chi connectivity index (χ1v) is 9.03. The van der Waals surface area contributed by atoms with Gasteiger partial charge in [0.05, 0.1) is 13.2 Å². The lowest BCUT2D eigenvalue weighted by molar-refractivity contribution is 0.120. The van der Waals surface area contributed by atoms with Crippen molar-refractivity contribution in [2.45, 2.75) is 6.61 Å². The van der Waals surface area contributed by atoms with Crippen molar-refractivity contribution in [1.29, 1.82) is 0 Å². The van der Waals surface area contributed by atoms with Gasteiger partial charge in [-0.05, 0) is 17.7 Å². The third-order valence-electron chi connectivity index (χ3n) is 4.44. The van der Waals surface area contributed by atoms with Crippen LogP contribution in [-0.4, -0.2) is 26.3 Å². The van der Waals surface area contributed by atoms with E-state index in [0.29, 0.717) is 44.6 Å². The van der Waals surface area contributed by atoms with Gasteiger partial charge in [0.15, 0.2) is 11.3 Å². The molecule has 2 aromatic carbocycles. The second kappa shape index (κ2) is 8.10. The van der Waals surface area contributed by atoms with Crippen LogP contribution < -0.4 is 15.1 Å². The minimum absolute atomic E-state index is 0.0756. The largest absolute Gasteiger partial charge is 0.489 e. The fourth-order valence-corrected chi connectivity index (χ4v) is 3.03. The van der Waals surface area contributed by atoms with Gasteiger partial charge >= 0.3 is 0 Å². The Labute approximate surface area is 157 Å². The van der Waals surface area contributed by atoms with Crippen LogP contribution in [0.4, 0.5) is 5.88 Å². The summed E-state index contributed by atoms with van der Waals surface area (Å²) in [6.07, 6.45) is 0. The number of morpholine rings is 1. The predicted molar refractivity (Wildman–Crippen MR) is 104 cm³/mol. The number of hydrogen-bond donors (Lipinski definition) is 0. The Balaban J connectivity index is 1.56. The molecule has 2 heterocycles. The molecular weight excluding hydrogens is 342 g/mol. The van der Waals surface area contributed by atoms with Crippen LogP contribution in [0.5, 0.6) is 5.75 Å². The van der Waals surface area contributed by atoms with Crippen LogP contribution >= 0.6 is 0 Å². The number of hydrogen-bond acceptors (Lipinski definition) is 5. The second-order valence-corrected chi connectivity index (χ2v) is 6.40. The molecule has 0 unspecified atom stereocenters. The molecule has 4 rings (SSSR count). The Morgan fingerprint density at radius 2 is 1.74 bits per heavy atom. The van der Waals surface area contributed by atoms with Crippen molar-refractivity contribution in [2.75, 3.05) is 31.2 Å². The Bertz CT molecular complexity index is 946. The fourth-order valence-electron chi connectivity index (χ4n) is 3.03. The molecular formula is C22H21NO4. The molecule has 1 saturated heterocycles. The van der Waals surface area contributed by atoms with E-state index >= 15 is 0 Å². The lowest BCUT2D eigenvalue weighted by Gasteiger charge is -2.27. The average Bonchev–Trinajstić information content (AvgIpc) is 2.73. The summed E-state index contributed by atoms with van der Waals surface area (Å²) in [5.74, 6) is 1.85. The molecule has 0 saturated carbocycles. The van der Waals surface area contributed by atoms with Gasteiger partial charge in [0, 0.05) is 30.8 Å². The number of benzene rings is 2. The van der Waals surface area contributed by atoms with E-state index in [-0.39, 0.29) is 5.43 Å². The minimum Gasteiger partial charge on any atom is -0.489 e. The Morgan fingerprint density at radius 1 is 0.926 bits per heavy atom. The highest BCUT2D eigenvalue weighted by atomic mass is 16.5. The summed E-state index contributed by atoms with van der Waals surface area (Å²) in [4.78, 5) is 14.2. The Kier molecular flexibility index (Phi) is 5.21. The molecule has 0 N–H and O–H groups in total. The van der Waals surface area contributed by atoms with E-state index < -0.39 is 0 Å². The maximum atomic E-state index is 12.2. The van der Waals surface area contributed by atoms with Crippen LogP contribution in [0.25, 0.3) is 11.3 Å². The van der Waals surface area contributed by atoms with Crippen molar-refractivity contribution in [3.8, 4) is 17.1 Å². The monoisotopic (exact) mass is 363 g/mol. The van der Waals surface area contributed by atoms with Gasteiger partial charge in [-0.2, -0.15) is 0 Å². The average molecular weight is 363 g/mol. The summed E-state index contributed by atoms with van der Waals surface area (Å²) in [5, 5.41) is 0. The minimum atomic E-state index is -0.0756. The molecule has 0 bridgehead atoms. The van der Waals surface area contributed by atoms with E-state index in [1.807, 2.05) is 59.5 Å². The first-order chi connectivity index (χ1) is 13.3. The van der Waals surface area contributed by atoms with E-state index in [4.69, 9.17) is 13.9 Å². The molecule has 1 aliphatic rings. The van der Waals surface area contributed by atoms with Crippen LogP contribution in [-0.2, 0) is 11.3 Å². The zero-order valence-electron chi connectivity index (χ0n) is 15.0. The predicted octanol–water partition coefficient (Wildman–Crippen LogP) is 3.72. The quantitative estimate of drug-likeness (QED) is 0.691. The summed E-state index contributed by atoms with van der Waals surface area (Å²) in [5.41, 5.74) is 1.84. The third kappa shape index (κ3) is 4.38. The molecule has 0 amide bonds. The third-order valence-corrected chi connectivity index (χ3v) is 4.44. The topological polar surface area (TPSA) is 51.9 Å². The summed E-state index contributed by atoms with van der Waals surface area (Å²) in [6.45, 7) is 3.19. The molecule has 138 valence electrons. The molecule has 3 aromatic rings. The summed E-state index contributed by atoms with van der Waals surface area (Å²) >= 11 is 0. The van der Waals surface area contributed by atoms with Crippen molar-refractivity contribution in [3.05, 3.63) is 82.5 Å². The number of rotatable bonds is 5. The lowest BCUT2D eigenvalue weighted by atomic mass is 10.1.